The van der Waals surface area contributed by atoms with Crippen LogP contribution in [0.2, 0.25) is 0 Å². The van der Waals surface area contributed by atoms with Gasteiger partial charge in [-0.2, -0.15) is 0 Å². The molecular formula is C14H13BrN2O. The molecule has 0 spiro atoms. The van der Waals surface area contributed by atoms with Crippen LogP contribution in [0.25, 0.3) is 0 Å². The van der Waals surface area contributed by atoms with E-state index >= 15 is 0 Å². The highest BCUT2D eigenvalue weighted by Gasteiger charge is 2.09. The molecule has 1 aromatic heterocycles. The molecule has 2 rings (SSSR count). The van der Waals surface area contributed by atoms with Crippen molar-refractivity contribution in [3.63, 3.8) is 0 Å². The van der Waals surface area contributed by atoms with E-state index in [4.69, 9.17) is 0 Å². The van der Waals surface area contributed by atoms with Crippen LogP contribution in [0.15, 0.2) is 47.2 Å². The molecule has 0 saturated carbocycles. The summed E-state index contributed by atoms with van der Waals surface area (Å²) >= 11 is 3.38. The molecule has 0 aliphatic rings. The lowest BCUT2D eigenvalue weighted by Crippen LogP contribution is -2.23. The van der Waals surface area contributed by atoms with Crippen LogP contribution < -0.4 is 5.32 Å². The molecule has 1 N–H and O–H groups in total. The van der Waals surface area contributed by atoms with Crippen molar-refractivity contribution in [3.05, 3.63) is 63.9 Å². The lowest BCUT2D eigenvalue weighted by molar-refractivity contribution is 0.0950. The van der Waals surface area contributed by atoms with Crippen LogP contribution in [0.3, 0.4) is 0 Å². The van der Waals surface area contributed by atoms with Crippen LogP contribution in [0, 0.1) is 6.92 Å². The lowest BCUT2D eigenvalue weighted by atomic mass is 10.1. The lowest BCUT2D eigenvalue weighted by Gasteiger charge is -2.07. The van der Waals surface area contributed by atoms with Crippen molar-refractivity contribution >= 4 is 21.8 Å². The number of hydrogen-bond acceptors (Lipinski definition) is 2. The van der Waals surface area contributed by atoms with Gasteiger partial charge in [-0.3, -0.25) is 9.78 Å². The Morgan fingerprint density at radius 3 is 2.94 bits per heavy atom. The van der Waals surface area contributed by atoms with Crippen LogP contribution in [0.4, 0.5) is 0 Å². The topological polar surface area (TPSA) is 42.0 Å². The number of pyridine rings is 1. The van der Waals surface area contributed by atoms with Crippen molar-refractivity contribution < 1.29 is 4.79 Å². The summed E-state index contributed by atoms with van der Waals surface area (Å²) in [4.78, 5) is 16.0. The Hall–Kier alpha value is -1.68. The van der Waals surface area contributed by atoms with Crippen molar-refractivity contribution in [2.75, 3.05) is 0 Å². The van der Waals surface area contributed by atoms with Gasteiger partial charge in [-0.15, -0.1) is 0 Å². The van der Waals surface area contributed by atoms with E-state index in [0.29, 0.717) is 12.1 Å². The van der Waals surface area contributed by atoms with E-state index in [9.17, 15) is 4.79 Å². The number of rotatable bonds is 3. The molecule has 0 unspecified atom stereocenters. The van der Waals surface area contributed by atoms with Gasteiger partial charge in [-0.1, -0.05) is 17.7 Å². The number of benzene rings is 1. The van der Waals surface area contributed by atoms with E-state index < -0.39 is 0 Å². The summed E-state index contributed by atoms with van der Waals surface area (Å²) in [6.45, 7) is 2.44. The second-order valence-electron chi connectivity index (χ2n) is 4.03. The third kappa shape index (κ3) is 3.17. The molecule has 0 aliphatic heterocycles. The predicted octanol–water partition coefficient (Wildman–Crippen LogP) is 3.08. The van der Waals surface area contributed by atoms with E-state index in [2.05, 4.69) is 26.2 Å². The number of hydrogen-bond donors (Lipinski definition) is 1. The Labute approximate surface area is 114 Å². The first-order chi connectivity index (χ1) is 8.66. The first-order valence-corrected chi connectivity index (χ1v) is 6.39. The third-order valence-corrected chi connectivity index (χ3v) is 3.23. The summed E-state index contributed by atoms with van der Waals surface area (Å²) in [7, 11) is 0. The molecule has 92 valence electrons. The number of nitrogens with zero attached hydrogens (tertiary/aromatic N) is 1. The Balaban J connectivity index is 2.06. The molecule has 0 bridgehead atoms. The number of halogens is 1. The summed E-state index contributed by atoms with van der Waals surface area (Å²) in [5.41, 5.74) is 2.69. The van der Waals surface area contributed by atoms with E-state index in [0.717, 1.165) is 15.6 Å². The number of aromatic nitrogens is 1. The number of aryl methyl sites for hydroxylation is 1. The molecule has 2 aromatic rings. The third-order valence-electron chi connectivity index (χ3n) is 2.54. The number of carbonyl (C=O) groups is 1. The van der Waals surface area contributed by atoms with E-state index in [1.54, 1.807) is 12.4 Å². The van der Waals surface area contributed by atoms with E-state index in [-0.39, 0.29) is 5.91 Å². The molecule has 18 heavy (non-hydrogen) atoms. The molecule has 3 nitrogen and oxygen atoms in total. The molecule has 1 amide bonds. The number of amides is 1. The largest absolute Gasteiger partial charge is 0.348 e. The van der Waals surface area contributed by atoms with Gasteiger partial charge >= 0.3 is 0 Å². The predicted molar refractivity (Wildman–Crippen MR) is 74.3 cm³/mol. The number of carbonyl (C=O) groups excluding carboxylic acids is 1. The summed E-state index contributed by atoms with van der Waals surface area (Å²) in [6, 6.07) is 9.49. The first-order valence-electron chi connectivity index (χ1n) is 5.60. The van der Waals surface area contributed by atoms with Crippen LogP contribution >= 0.6 is 15.9 Å². The standard InChI is InChI=1S/C14H13BrN2O/c1-10-4-5-13(15)12(7-10)14(18)17-9-11-3-2-6-16-8-11/h2-8H,9H2,1H3,(H,17,18). The average molecular weight is 305 g/mol. The smallest absolute Gasteiger partial charge is 0.252 e. The maximum absolute atomic E-state index is 12.0. The Morgan fingerprint density at radius 2 is 2.22 bits per heavy atom. The quantitative estimate of drug-likeness (QED) is 0.947. The van der Waals surface area contributed by atoms with E-state index in [1.807, 2.05) is 37.3 Å². The molecular weight excluding hydrogens is 292 g/mol. The van der Waals surface area contributed by atoms with Gasteiger partial charge in [0, 0.05) is 23.4 Å². The van der Waals surface area contributed by atoms with Gasteiger partial charge < -0.3 is 5.32 Å². The van der Waals surface area contributed by atoms with Gasteiger partial charge in [0.2, 0.25) is 0 Å². The van der Waals surface area contributed by atoms with Gasteiger partial charge in [0.15, 0.2) is 0 Å². The Morgan fingerprint density at radius 1 is 1.39 bits per heavy atom. The maximum Gasteiger partial charge on any atom is 0.252 e. The molecule has 0 radical (unpaired) electrons. The van der Waals surface area contributed by atoms with Crippen LogP contribution in [-0.4, -0.2) is 10.9 Å². The zero-order chi connectivity index (χ0) is 13.0. The van der Waals surface area contributed by atoms with Crippen LogP contribution in [-0.2, 0) is 6.54 Å². The van der Waals surface area contributed by atoms with Crippen LogP contribution in [0.1, 0.15) is 21.5 Å². The fraction of sp³-hybridized carbons (Fsp3) is 0.143. The summed E-state index contributed by atoms with van der Waals surface area (Å²) in [6.07, 6.45) is 3.45. The highest BCUT2D eigenvalue weighted by molar-refractivity contribution is 9.10. The summed E-state index contributed by atoms with van der Waals surface area (Å²) in [5.74, 6) is -0.0885. The Kier molecular flexibility index (Phi) is 4.10. The second-order valence-corrected chi connectivity index (χ2v) is 4.88. The average Bonchev–Trinajstić information content (AvgIpc) is 2.40. The summed E-state index contributed by atoms with van der Waals surface area (Å²) < 4.78 is 0.803. The zero-order valence-corrected chi connectivity index (χ0v) is 11.6. The van der Waals surface area contributed by atoms with Gasteiger partial charge in [-0.05, 0) is 46.6 Å². The van der Waals surface area contributed by atoms with Gasteiger partial charge in [0.05, 0.1) is 5.56 Å². The Bertz CT molecular complexity index is 555. The zero-order valence-electron chi connectivity index (χ0n) is 9.98. The number of nitrogens with one attached hydrogen (secondary N) is 1. The minimum Gasteiger partial charge on any atom is -0.348 e. The monoisotopic (exact) mass is 304 g/mol. The molecule has 0 aliphatic carbocycles. The maximum atomic E-state index is 12.0. The van der Waals surface area contributed by atoms with E-state index in [1.165, 1.54) is 0 Å². The molecule has 0 fully saturated rings. The van der Waals surface area contributed by atoms with Crippen molar-refractivity contribution in [2.45, 2.75) is 13.5 Å². The first kappa shape index (κ1) is 12.8. The normalized spacial score (nSPS) is 10.1. The van der Waals surface area contributed by atoms with Crippen molar-refractivity contribution in [1.82, 2.24) is 10.3 Å². The molecule has 0 atom stereocenters. The molecule has 1 heterocycles. The van der Waals surface area contributed by atoms with Gasteiger partial charge in [0.1, 0.15) is 0 Å². The minimum atomic E-state index is -0.0885. The fourth-order valence-electron chi connectivity index (χ4n) is 1.59. The highest BCUT2D eigenvalue weighted by atomic mass is 79.9. The van der Waals surface area contributed by atoms with Gasteiger partial charge in [-0.25, -0.2) is 0 Å². The van der Waals surface area contributed by atoms with Crippen molar-refractivity contribution in [3.8, 4) is 0 Å². The SMILES string of the molecule is Cc1ccc(Br)c(C(=O)NCc2cccnc2)c1. The van der Waals surface area contributed by atoms with Crippen molar-refractivity contribution in [2.24, 2.45) is 0 Å². The fourth-order valence-corrected chi connectivity index (χ4v) is 2.02. The van der Waals surface area contributed by atoms with Crippen LogP contribution in [0.5, 0.6) is 0 Å². The van der Waals surface area contributed by atoms with Crippen molar-refractivity contribution in [1.29, 1.82) is 0 Å². The molecule has 4 heteroatoms. The second kappa shape index (κ2) is 5.78. The summed E-state index contributed by atoms with van der Waals surface area (Å²) in [5, 5.41) is 2.87. The molecule has 0 saturated heterocycles. The minimum absolute atomic E-state index is 0.0885. The molecule has 1 aromatic carbocycles. The highest BCUT2D eigenvalue weighted by Crippen LogP contribution is 2.18. The van der Waals surface area contributed by atoms with Gasteiger partial charge in [0.25, 0.3) is 5.91 Å².